The summed E-state index contributed by atoms with van der Waals surface area (Å²) in [7, 11) is 0. The molecule has 0 saturated carbocycles. The number of nitrogens with zero attached hydrogens (tertiary/aromatic N) is 3. The highest BCUT2D eigenvalue weighted by Gasteiger charge is 2.29. The van der Waals surface area contributed by atoms with E-state index in [2.05, 4.69) is 10.3 Å². The molecule has 120 valence electrons. The van der Waals surface area contributed by atoms with E-state index in [0.29, 0.717) is 0 Å². The first-order chi connectivity index (χ1) is 10.4. The van der Waals surface area contributed by atoms with Crippen LogP contribution in [-0.4, -0.2) is 41.2 Å². The first kappa shape index (κ1) is 15.8. The van der Waals surface area contributed by atoms with Crippen LogP contribution in [0.15, 0.2) is 4.79 Å². The normalized spacial score (nSPS) is 13.0. The van der Waals surface area contributed by atoms with Crippen LogP contribution in [0.4, 0.5) is 17.5 Å². The van der Waals surface area contributed by atoms with E-state index < -0.39 is 23.4 Å². The van der Waals surface area contributed by atoms with E-state index in [1.165, 1.54) is 4.90 Å². The van der Waals surface area contributed by atoms with Crippen molar-refractivity contribution in [2.45, 2.75) is 20.8 Å². The van der Waals surface area contributed by atoms with E-state index in [-0.39, 0.29) is 37.3 Å². The standard InChI is InChI=1S/C13H19N5O4/c1-4-22-8(19)5-17-6-15-9-10(17)16-13(14)18(12(9)21)11(20)7(2)3/h7,15H,4-6H2,1-3H3,(H2,14,16). The monoisotopic (exact) mass is 309 g/mol. The lowest BCUT2D eigenvalue weighted by molar-refractivity contribution is -0.141. The molecule has 0 fully saturated rings. The Morgan fingerprint density at radius 1 is 1.45 bits per heavy atom. The number of hydrogen-bond donors (Lipinski definition) is 2. The zero-order valence-electron chi connectivity index (χ0n) is 12.8. The highest BCUT2D eigenvalue weighted by atomic mass is 16.5. The molecule has 0 amide bonds. The third-order valence-electron chi connectivity index (χ3n) is 3.18. The van der Waals surface area contributed by atoms with Crippen molar-refractivity contribution in [3.8, 4) is 0 Å². The van der Waals surface area contributed by atoms with Gasteiger partial charge in [-0.25, -0.2) is 4.57 Å². The van der Waals surface area contributed by atoms with Crippen molar-refractivity contribution < 1.29 is 14.3 Å². The number of nitrogens with two attached hydrogens (primary N) is 1. The number of fused-ring (bicyclic) bond motifs is 1. The van der Waals surface area contributed by atoms with Crippen molar-refractivity contribution in [3.63, 3.8) is 0 Å². The number of carbonyl (C=O) groups excluding carboxylic acids is 2. The topological polar surface area (TPSA) is 120 Å². The first-order valence-corrected chi connectivity index (χ1v) is 6.98. The molecule has 0 aliphatic carbocycles. The Balaban J connectivity index is 2.38. The van der Waals surface area contributed by atoms with Crippen LogP contribution in [0.1, 0.15) is 25.6 Å². The number of hydrogen-bond acceptors (Lipinski definition) is 8. The van der Waals surface area contributed by atoms with Crippen LogP contribution in [0.2, 0.25) is 0 Å². The minimum absolute atomic E-state index is 0.0537. The Morgan fingerprint density at radius 3 is 2.73 bits per heavy atom. The quantitative estimate of drug-likeness (QED) is 0.738. The summed E-state index contributed by atoms with van der Waals surface area (Å²) in [6.45, 7) is 5.48. The molecule has 22 heavy (non-hydrogen) atoms. The predicted molar refractivity (Wildman–Crippen MR) is 80.8 cm³/mol. The lowest BCUT2D eigenvalue weighted by atomic mass is 10.2. The summed E-state index contributed by atoms with van der Waals surface area (Å²) in [6.07, 6.45) is 0. The molecule has 0 aromatic carbocycles. The second kappa shape index (κ2) is 6.04. The van der Waals surface area contributed by atoms with E-state index in [1.54, 1.807) is 20.8 Å². The number of nitrogen functional groups attached to an aromatic ring is 1. The van der Waals surface area contributed by atoms with E-state index in [4.69, 9.17) is 10.5 Å². The molecule has 0 unspecified atom stereocenters. The number of esters is 1. The maximum Gasteiger partial charge on any atom is 0.325 e. The fourth-order valence-corrected chi connectivity index (χ4v) is 2.12. The SMILES string of the molecule is CCOC(=O)CN1CNc2c1nc(N)n(C(=O)C(C)C)c2=O. The first-order valence-electron chi connectivity index (χ1n) is 6.98. The third-order valence-corrected chi connectivity index (χ3v) is 3.18. The summed E-state index contributed by atoms with van der Waals surface area (Å²) >= 11 is 0. The van der Waals surface area contributed by atoms with Crippen LogP contribution in [-0.2, 0) is 9.53 Å². The second-order valence-electron chi connectivity index (χ2n) is 5.14. The maximum absolute atomic E-state index is 12.4. The molecule has 0 bridgehead atoms. The van der Waals surface area contributed by atoms with Gasteiger partial charge in [0.05, 0.1) is 13.3 Å². The summed E-state index contributed by atoms with van der Waals surface area (Å²) in [5.74, 6) is -1.19. The lowest BCUT2D eigenvalue weighted by Crippen LogP contribution is -2.34. The van der Waals surface area contributed by atoms with Gasteiger partial charge in [-0.3, -0.25) is 14.4 Å². The van der Waals surface area contributed by atoms with Gasteiger partial charge in [0.2, 0.25) is 11.9 Å². The summed E-state index contributed by atoms with van der Waals surface area (Å²) in [5.41, 5.74) is 5.34. The molecule has 9 nitrogen and oxygen atoms in total. The minimum Gasteiger partial charge on any atom is -0.465 e. The molecular formula is C13H19N5O4. The van der Waals surface area contributed by atoms with Gasteiger partial charge in [-0.2, -0.15) is 4.98 Å². The zero-order chi connectivity index (χ0) is 16.4. The van der Waals surface area contributed by atoms with Crippen molar-refractivity contribution in [2.75, 3.05) is 35.8 Å². The maximum atomic E-state index is 12.4. The van der Waals surface area contributed by atoms with Gasteiger partial charge in [-0.15, -0.1) is 0 Å². The predicted octanol–water partition coefficient (Wildman–Crippen LogP) is -0.126. The van der Waals surface area contributed by atoms with Crippen LogP contribution in [0.25, 0.3) is 0 Å². The number of ether oxygens (including phenoxy) is 1. The van der Waals surface area contributed by atoms with E-state index in [0.717, 1.165) is 4.57 Å². The molecule has 0 atom stereocenters. The van der Waals surface area contributed by atoms with Crippen LogP contribution in [0.3, 0.4) is 0 Å². The van der Waals surface area contributed by atoms with Gasteiger partial charge in [0.1, 0.15) is 12.2 Å². The number of nitrogens with one attached hydrogen (secondary N) is 1. The van der Waals surface area contributed by atoms with Crippen LogP contribution in [0, 0.1) is 5.92 Å². The molecule has 0 radical (unpaired) electrons. The van der Waals surface area contributed by atoms with Crippen molar-refractivity contribution in [1.82, 2.24) is 9.55 Å². The number of rotatable bonds is 4. The van der Waals surface area contributed by atoms with Crippen molar-refractivity contribution in [1.29, 1.82) is 0 Å². The largest absolute Gasteiger partial charge is 0.465 e. The minimum atomic E-state index is -0.562. The van der Waals surface area contributed by atoms with Crippen LogP contribution >= 0.6 is 0 Å². The molecular weight excluding hydrogens is 290 g/mol. The molecule has 2 heterocycles. The molecule has 1 aromatic rings. The van der Waals surface area contributed by atoms with E-state index >= 15 is 0 Å². The Hall–Kier alpha value is -2.58. The molecule has 0 saturated heterocycles. The molecule has 9 heteroatoms. The molecule has 0 spiro atoms. The van der Waals surface area contributed by atoms with Crippen molar-refractivity contribution in [2.24, 2.45) is 5.92 Å². The van der Waals surface area contributed by atoms with Gasteiger partial charge < -0.3 is 20.7 Å². The van der Waals surface area contributed by atoms with Crippen LogP contribution in [0.5, 0.6) is 0 Å². The summed E-state index contributed by atoms with van der Waals surface area (Å²) in [4.78, 5) is 41.6. The second-order valence-corrected chi connectivity index (χ2v) is 5.14. The third kappa shape index (κ3) is 2.74. The van der Waals surface area contributed by atoms with Gasteiger partial charge in [-0.1, -0.05) is 13.8 Å². The molecule has 3 N–H and O–H groups in total. The highest BCUT2D eigenvalue weighted by molar-refractivity contribution is 5.86. The number of anilines is 3. The van der Waals surface area contributed by atoms with Gasteiger partial charge in [0, 0.05) is 5.92 Å². The zero-order valence-corrected chi connectivity index (χ0v) is 12.8. The van der Waals surface area contributed by atoms with Crippen LogP contribution < -0.4 is 21.5 Å². The fraction of sp³-hybridized carbons (Fsp3) is 0.538. The molecule has 1 aromatic heterocycles. The van der Waals surface area contributed by atoms with Gasteiger partial charge in [-0.05, 0) is 6.92 Å². The van der Waals surface area contributed by atoms with Gasteiger partial charge in [0.25, 0.3) is 5.56 Å². The highest BCUT2D eigenvalue weighted by Crippen LogP contribution is 2.26. The Labute approximate surface area is 127 Å². The Morgan fingerprint density at radius 2 is 2.14 bits per heavy atom. The Bertz CT molecular complexity index is 667. The summed E-state index contributed by atoms with van der Waals surface area (Å²) in [6, 6.07) is 0. The Kier molecular flexibility index (Phi) is 4.34. The average Bonchev–Trinajstić information content (AvgIpc) is 2.82. The lowest BCUT2D eigenvalue weighted by Gasteiger charge is -2.16. The smallest absolute Gasteiger partial charge is 0.325 e. The van der Waals surface area contributed by atoms with Crippen molar-refractivity contribution >= 4 is 29.3 Å². The van der Waals surface area contributed by atoms with Crippen molar-refractivity contribution in [3.05, 3.63) is 10.4 Å². The fourth-order valence-electron chi connectivity index (χ4n) is 2.12. The number of aromatic nitrogens is 2. The van der Waals surface area contributed by atoms with Gasteiger partial charge >= 0.3 is 5.97 Å². The summed E-state index contributed by atoms with van der Waals surface area (Å²) < 4.78 is 5.72. The van der Waals surface area contributed by atoms with E-state index in [1.807, 2.05) is 0 Å². The molecule has 2 rings (SSSR count). The molecule has 1 aliphatic heterocycles. The molecule has 1 aliphatic rings. The number of carbonyl (C=O) groups is 2. The van der Waals surface area contributed by atoms with Gasteiger partial charge in [0.15, 0.2) is 5.82 Å². The summed E-state index contributed by atoms with van der Waals surface area (Å²) in [5, 5.41) is 2.84. The average molecular weight is 309 g/mol. The van der Waals surface area contributed by atoms with E-state index in [9.17, 15) is 14.4 Å².